The molecule has 21 heavy (non-hydrogen) atoms. The topological polar surface area (TPSA) is 62.6 Å². The van der Waals surface area contributed by atoms with Gasteiger partial charge in [0.1, 0.15) is 5.69 Å². The van der Waals surface area contributed by atoms with Crippen molar-refractivity contribution in [2.45, 2.75) is 6.92 Å². The molecule has 0 saturated heterocycles. The van der Waals surface area contributed by atoms with Crippen LogP contribution in [0.3, 0.4) is 0 Å². The summed E-state index contributed by atoms with van der Waals surface area (Å²) in [5.74, 6) is 1.52. The quantitative estimate of drug-likeness (QED) is 0.791. The highest BCUT2D eigenvalue weighted by atomic mass is 16.5. The molecule has 0 amide bonds. The van der Waals surface area contributed by atoms with Gasteiger partial charge in [-0.25, -0.2) is 0 Å². The van der Waals surface area contributed by atoms with Crippen LogP contribution in [0.25, 0.3) is 11.1 Å². The van der Waals surface area contributed by atoms with Crippen LogP contribution in [0.1, 0.15) is 17.4 Å². The van der Waals surface area contributed by atoms with Crippen LogP contribution in [-0.2, 0) is 7.05 Å². The van der Waals surface area contributed by atoms with Gasteiger partial charge in [-0.15, -0.1) is 0 Å². The molecule has 1 aromatic carbocycles. The molecule has 0 N–H and O–H groups in total. The Hall–Kier alpha value is -2.50. The zero-order valence-corrected chi connectivity index (χ0v) is 12.8. The Bertz CT molecular complexity index is 651. The summed E-state index contributed by atoms with van der Waals surface area (Å²) in [5.41, 5.74) is 2.04. The van der Waals surface area contributed by atoms with Crippen molar-refractivity contribution >= 4 is 5.78 Å². The van der Waals surface area contributed by atoms with Crippen molar-refractivity contribution in [2.24, 2.45) is 7.05 Å². The number of aryl methyl sites for hydroxylation is 1. The van der Waals surface area contributed by atoms with Gasteiger partial charge in [0.25, 0.3) is 0 Å². The molecule has 0 radical (unpaired) electrons. The highest BCUT2D eigenvalue weighted by Crippen LogP contribution is 2.41. The summed E-state index contributed by atoms with van der Waals surface area (Å²) in [6.45, 7) is 1.51. The fraction of sp³-hybridized carbons (Fsp3) is 0.333. The first-order chi connectivity index (χ1) is 10.0. The van der Waals surface area contributed by atoms with Crippen LogP contribution in [0, 0.1) is 0 Å². The van der Waals surface area contributed by atoms with Crippen LogP contribution in [0.4, 0.5) is 0 Å². The minimum absolute atomic E-state index is 0.0567. The van der Waals surface area contributed by atoms with Gasteiger partial charge in [-0.2, -0.15) is 5.10 Å². The fourth-order valence-electron chi connectivity index (χ4n) is 2.30. The van der Waals surface area contributed by atoms with E-state index < -0.39 is 0 Å². The third-order valence-corrected chi connectivity index (χ3v) is 3.25. The number of carbonyl (C=O) groups excluding carboxylic acids is 1. The lowest BCUT2D eigenvalue weighted by Crippen LogP contribution is -2.04. The minimum Gasteiger partial charge on any atom is -0.493 e. The van der Waals surface area contributed by atoms with Crippen molar-refractivity contribution in [3.05, 3.63) is 24.0 Å². The van der Waals surface area contributed by atoms with Crippen LogP contribution >= 0.6 is 0 Å². The van der Waals surface area contributed by atoms with Gasteiger partial charge in [0.2, 0.25) is 5.75 Å². The van der Waals surface area contributed by atoms with Gasteiger partial charge in [0, 0.05) is 19.5 Å². The third kappa shape index (κ3) is 2.56. The van der Waals surface area contributed by atoms with Crippen molar-refractivity contribution in [3.8, 4) is 28.4 Å². The first-order valence-corrected chi connectivity index (χ1v) is 6.36. The van der Waals surface area contributed by atoms with E-state index in [1.807, 2.05) is 0 Å². The summed E-state index contributed by atoms with van der Waals surface area (Å²) >= 11 is 0. The molecule has 0 fully saturated rings. The van der Waals surface area contributed by atoms with Crippen molar-refractivity contribution in [3.63, 3.8) is 0 Å². The molecular weight excluding hydrogens is 272 g/mol. The van der Waals surface area contributed by atoms with E-state index in [2.05, 4.69) is 5.10 Å². The Morgan fingerprint density at radius 2 is 1.67 bits per heavy atom. The van der Waals surface area contributed by atoms with Crippen LogP contribution < -0.4 is 14.2 Å². The maximum atomic E-state index is 11.8. The van der Waals surface area contributed by atoms with Crippen LogP contribution in [0.5, 0.6) is 17.2 Å². The van der Waals surface area contributed by atoms with Gasteiger partial charge in [-0.05, 0) is 17.7 Å². The highest BCUT2D eigenvalue weighted by molar-refractivity contribution is 5.99. The lowest BCUT2D eigenvalue weighted by molar-refractivity contribution is 0.100. The molecule has 6 heteroatoms. The molecule has 2 rings (SSSR count). The number of aromatic nitrogens is 2. The maximum Gasteiger partial charge on any atom is 0.203 e. The number of ether oxygens (including phenoxy) is 3. The Morgan fingerprint density at radius 1 is 1.10 bits per heavy atom. The summed E-state index contributed by atoms with van der Waals surface area (Å²) in [6.07, 6.45) is 1.65. The van der Waals surface area contributed by atoms with Gasteiger partial charge < -0.3 is 14.2 Å². The molecule has 0 spiro atoms. The zero-order valence-electron chi connectivity index (χ0n) is 12.8. The highest BCUT2D eigenvalue weighted by Gasteiger charge is 2.19. The normalized spacial score (nSPS) is 10.3. The average Bonchev–Trinajstić information content (AvgIpc) is 2.87. The lowest BCUT2D eigenvalue weighted by atomic mass is 10.0. The second-order valence-electron chi connectivity index (χ2n) is 4.50. The predicted octanol–water partition coefficient (Wildman–Crippen LogP) is 2.32. The lowest BCUT2D eigenvalue weighted by Gasteiger charge is -2.14. The Morgan fingerprint density at radius 3 is 2.10 bits per heavy atom. The van der Waals surface area contributed by atoms with Crippen molar-refractivity contribution in [1.82, 2.24) is 9.78 Å². The molecule has 0 aliphatic heterocycles. The number of carbonyl (C=O) groups is 1. The summed E-state index contributed by atoms with van der Waals surface area (Å²) in [7, 11) is 6.38. The van der Waals surface area contributed by atoms with E-state index in [-0.39, 0.29) is 5.78 Å². The number of nitrogens with zero attached hydrogens (tertiary/aromatic N) is 2. The van der Waals surface area contributed by atoms with Crippen LogP contribution in [-0.4, -0.2) is 36.9 Å². The van der Waals surface area contributed by atoms with E-state index in [0.29, 0.717) is 22.9 Å². The number of ketones is 1. The van der Waals surface area contributed by atoms with Crippen molar-refractivity contribution < 1.29 is 19.0 Å². The minimum atomic E-state index is -0.0567. The molecule has 1 heterocycles. The van der Waals surface area contributed by atoms with E-state index in [0.717, 1.165) is 11.1 Å². The largest absolute Gasteiger partial charge is 0.493 e. The zero-order chi connectivity index (χ0) is 15.6. The first-order valence-electron chi connectivity index (χ1n) is 6.36. The predicted molar refractivity (Wildman–Crippen MR) is 78.3 cm³/mol. The Kier molecular flexibility index (Phi) is 4.16. The molecule has 2 aromatic rings. The van der Waals surface area contributed by atoms with Crippen LogP contribution in [0.2, 0.25) is 0 Å². The number of hydrogen-bond donors (Lipinski definition) is 0. The van der Waals surface area contributed by atoms with Crippen molar-refractivity contribution in [1.29, 1.82) is 0 Å². The first kappa shape index (κ1) is 14.9. The molecule has 0 aliphatic carbocycles. The molecular formula is C15H18N2O4. The summed E-state index contributed by atoms with van der Waals surface area (Å²) in [4.78, 5) is 11.8. The van der Waals surface area contributed by atoms with Gasteiger partial charge >= 0.3 is 0 Å². The van der Waals surface area contributed by atoms with Gasteiger partial charge in [0.15, 0.2) is 17.3 Å². The molecule has 0 saturated carbocycles. The number of rotatable bonds is 5. The molecule has 0 bridgehead atoms. The average molecular weight is 290 g/mol. The second kappa shape index (κ2) is 5.87. The fourth-order valence-corrected chi connectivity index (χ4v) is 2.30. The maximum absolute atomic E-state index is 11.8. The molecule has 0 atom stereocenters. The van der Waals surface area contributed by atoms with E-state index in [1.54, 1.807) is 51.4 Å². The molecule has 6 nitrogen and oxygen atoms in total. The molecule has 1 aromatic heterocycles. The SMILES string of the molecule is COc1cc(-c2cnn(C)c2C(C)=O)cc(OC)c1OC. The number of hydrogen-bond acceptors (Lipinski definition) is 5. The second-order valence-corrected chi connectivity index (χ2v) is 4.50. The Balaban J connectivity index is 2.68. The summed E-state index contributed by atoms with van der Waals surface area (Å²) < 4.78 is 17.5. The molecule has 0 aliphatic rings. The number of methoxy groups -OCH3 is 3. The smallest absolute Gasteiger partial charge is 0.203 e. The summed E-state index contributed by atoms with van der Waals surface area (Å²) in [6, 6.07) is 3.59. The molecule has 0 unspecified atom stereocenters. The van der Waals surface area contributed by atoms with Gasteiger partial charge in [-0.3, -0.25) is 9.48 Å². The summed E-state index contributed by atoms with van der Waals surface area (Å²) in [5, 5.41) is 4.15. The van der Waals surface area contributed by atoms with E-state index >= 15 is 0 Å². The standard InChI is InChI=1S/C15H18N2O4/c1-9(18)14-11(8-16-17(14)2)10-6-12(19-3)15(21-5)13(7-10)20-4/h6-8H,1-5H3. The van der Waals surface area contributed by atoms with Gasteiger partial charge in [-0.1, -0.05) is 0 Å². The van der Waals surface area contributed by atoms with E-state index in [4.69, 9.17) is 14.2 Å². The number of benzene rings is 1. The van der Waals surface area contributed by atoms with E-state index in [1.165, 1.54) is 6.92 Å². The third-order valence-electron chi connectivity index (χ3n) is 3.25. The monoisotopic (exact) mass is 290 g/mol. The molecule has 112 valence electrons. The Labute approximate surface area is 123 Å². The van der Waals surface area contributed by atoms with Gasteiger partial charge in [0.05, 0.1) is 27.5 Å². The number of Topliss-reactive ketones (excluding diaryl/α,β-unsaturated/α-hetero) is 1. The van der Waals surface area contributed by atoms with E-state index in [9.17, 15) is 4.79 Å². The van der Waals surface area contributed by atoms with Crippen molar-refractivity contribution in [2.75, 3.05) is 21.3 Å². The van der Waals surface area contributed by atoms with Crippen LogP contribution in [0.15, 0.2) is 18.3 Å².